The van der Waals surface area contributed by atoms with Gasteiger partial charge in [0.05, 0.1) is 0 Å². The van der Waals surface area contributed by atoms with E-state index >= 15 is 0 Å². The minimum atomic E-state index is 0.646. The van der Waals surface area contributed by atoms with Crippen LogP contribution in [0.15, 0.2) is 152 Å². The molecule has 1 aliphatic heterocycles. The molecule has 0 unspecified atom stereocenters. The Morgan fingerprint density at radius 1 is 0.341 bits per heavy atom. The maximum atomic E-state index is 5.03. The number of aryl methyl sites for hydroxylation is 1. The van der Waals surface area contributed by atoms with Gasteiger partial charge in [-0.05, 0) is 77.7 Å². The molecule has 10 bridgehead atoms. The van der Waals surface area contributed by atoms with Crippen LogP contribution < -0.4 is 4.90 Å². The molecule has 7 aromatic rings. The number of anilines is 3. The number of aromatic nitrogens is 3. The maximum absolute atomic E-state index is 5.03. The van der Waals surface area contributed by atoms with E-state index in [-0.39, 0.29) is 0 Å². The van der Waals surface area contributed by atoms with Gasteiger partial charge >= 0.3 is 0 Å². The lowest BCUT2D eigenvalue weighted by molar-refractivity contribution is 1.07. The summed E-state index contributed by atoms with van der Waals surface area (Å²) in [6.45, 7) is 2.12. The number of hydrogen-bond acceptors (Lipinski definition) is 4. The molecule has 0 fully saturated rings. The molecule has 1 aliphatic rings. The largest absolute Gasteiger partial charge is 0.310 e. The van der Waals surface area contributed by atoms with E-state index in [1.807, 2.05) is 30.3 Å². The van der Waals surface area contributed by atoms with Crippen molar-refractivity contribution in [3.63, 3.8) is 0 Å². The van der Waals surface area contributed by atoms with Gasteiger partial charge in [0.2, 0.25) is 0 Å². The molecule has 0 atom stereocenters. The highest BCUT2D eigenvalue weighted by Gasteiger charge is 2.17. The standard InChI is InChI=1S/C40H28N4/c1-27-19-21-35(22-20-27)44-36-17-7-13-31(25-36)29-11-5-15-33(23-29)39-41-38(28-9-3-2-4-10-28)42-40(43-39)34-16-6-12-30(24-34)32-14-8-18-37(44)26-32/h2-26H,1H3. The zero-order valence-electron chi connectivity index (χ0n) is 24.2. The molecule has 0 amide bonds. The van der Waals surface area contributed by atoms with Crippen molar-refractivity contribution in [2.24, 2.45) is 0 Å². The summed E-state index contributed by atoms with van der Waals surface area (Å²) in [6, 6.07) is 53.2. The van der Waals surface area contributed by atoms with E-state index in [4.69, 9.17) is 15.0 Å². The van der Waals surface area contributed by atoms with E-state index in [2.05, 4.69) is 133 Å². The molecule has 1 aromatic heterocycles. The maximum Gasteiger partial charge on any atom is 0.164 e. The van der Waals surface area contributed by atoms with Gasteiger partial charge < -0.3 is 4.90 Å². The molecule has 0 saturated carbocycles. The highest BCUT2D eigenvalue weighted by molar-refractivity contribution is 5.84. The normalized spacial score (nSPS) is 11.7. The van der Waals surface area contributed by atoms with Crippen molar-refractivity contribution in [3.05, 3.63) is 157 Å². The molecule has 0 saturated heterocycles. The first-order valence-corrected chi connectivity index (χ1v) is 14.8. The third kappa shape index (κ3) is 4.83. The average Bonchev–Trinajstić information content (AvgIpc) is 3.09. The van der Waals surface area contributed by atoms with E-state index in [1.54, 1.807) is 0 Å². The third-order valence-electron chi connectivity index (χ3n) is 8.08. The predicted octanol–water partition coefficient (Wildman–Crippen LogP) is 10.3. The minimum absolute atomic E-state index is 0.646. The number of benzene rings is 6. The highest BCUT2D eigenvalue weighted by atomic mass is 15.1. The smallest absolute Gasteiger partial charge is 0.164 e. The zero-order valence-corrected chi connectivity index (χ0v) is 24.2. The molecule has 4 nitrogen and oxygen atoms in total. The molecular formula is C40H28N4. The summed E-state index contributed by atoms with van der Waals surface area (Å²) in [4.78, 5) is 17.3. The van der Waals surface area contributed by atoms with Gasteiger partial charge in [-0.1, -0.05) is 109 Å². The average molecular weight is 565 g/mol. The van der Waals surface area contributed by atoms with Gasteiger partial charge in [-0.15, -0.1) is 0 Å². The second kappa shape index (κ2) is 10.8. The Bertz CT molecular complexity index is 2030. The molecule has 44 heavy (non-hydrogen) atoms. The number of rotatable bonds is 2. The van der Waals surface area contributed by atoms with Gasteiger partial charge in [-0.2, -0.15) is 0 Å². The molecule has 0 N–H and O–H groups in total. The lowest BCUT2D eigenvalue weighted by Gasteiger charge is -2.27. The summed E-state index contributed by atoms with van der Waals surface area (Å²) in [7, 11) is 0. The van der Waals surface area contributed by atoms with Gasteiger partial charge in [0.25, 0.3) is 0 Å². The quantitative estimate of drug-likeness (QED) is 0.209. The molecule has 8 rings (SSSR count). The van der Waals surface area contributed by atoms with Crippen molar-refractivity contribution in [2.75, 3.05) is 4.90 Å². The van der Waals surface area contributed by atoms with E-state index in [9.17, 15) is 0 Å². The second-order valence-electron chi connectivity index (χ2n) is 11.1. The van der Waals surface area contributed by atoms with Crippen LogP contribution in [-0.2, 0) is 0 Å². The SMILES string of the molecule is Cc1ccc(N2c3cccc(c3)-c3cccc(c3)-c3nc(-c4ccccc4)nc(n3)-c3cccc(c3)-c3cccc2c3)cc1. The summed E-state index contributed by atoms with van der Waals surface area (Å²) in [5.74, 6) is 1.94. The molecular weight excluding hydrogens is 536 g/mol. The lowest BCUT2D eigenvalue weighted by Crippen LogP contribution is -2.10. The van der Waals surface area contributed by atoms with Crippen molar-refractivity contribution < 1.29 is 0 Å². The molecule has 0 spiro atoms. The highest BCUT2D eigenvalue weighted by Crippen LogP contribution is 2.39. The summed E-state index contributed by atoms with van der Waals surface area (Å²) in [5, 5.41) is 0. The van der Waals surface area contributed by atoms with Gasteiger partial charge in [-0.25, -0.2) is 15.0 Å². The molecule has 4 heteroatoms. The molecule has 6 aromatic carbocycles. The Labute approximate surface area is 257 Å². The van der Waals surface area contributed by atoms with E-state index in [0.717, 1.165) is 56.0 Å². The van der Waals surface area contributed by atoms with Crippen LogP contribution >= 0.6 is 0 Å². The fourth-order valence-corrected chi connectivity index (χ4v) is 5.82. The molecule has 2 heterocycles. The Kier molecular flexibility index (Phi) is 6.31. The first kappa shape index (κ1) is 25.8. The van der Waals surface area contributed by atoms with Crippen molar-refractivity contribution in [1.82, 2.24) is 15.0 Å². The van der Waals surface area contributed by atoms with Crippen LogP contribution in [0.25, 0.3) is 56.4 Å². The van der Waals surface area contributed by atoms with Crippen LogP contribution in [0.1, 0.15) is 5.56 Å². The Morgan fingerprint density at radius 2 is 0.750 bits per heavy atom. The van der Waals surface area contributed by atoms with Crippen LogP contribution in [0.2, 0.25) is 0 Å². The van der Waals surface area contributed by atoms with Crippen molar-refractivity contribution in [1.29, 1.82) is 0 Å². The summed E-state index contributed by atoms with van der Waals surface area (Å²) in [6.07, 6.45) is 0. The first-order valence-electron chi connectivity index (χ1n) is 14.8. The summed E-state index contributed by atoms with van der Waals surface area (Å²) in [5.41, 5.74) is 11.8. The fourth-order valence-electron chi connectivity index (χ4n) is 5.82. The van der Waals surface area contributed by atoms with Crippen molar-refractivity contribution in [2.45, 2.75) is 6.92 Å². The predicted molar refractivity (Wildman–Crippen MR) is 180 cm³/mol. The third-order valence-corrected chi connectivity index (χ3v) is 8.08. The van der Waals surface area contributed by atoms with E-state index in [1.165, 1.54) is 5.56 Å². The van der Waals surface area contributed by atoms with Crippen LogP contribution in [0.5, 0.6) is 0 Å². The van der Waals surface area contributed by atoms with E-state index in [0.29, 0.717) is 17.5 Å². The first-order chi connectivity index (χ1) is 21.7. The van der Waals surface area contributed by atoms with Crippen LogP contribution in [0, 0.1) is 6.92 Å². The number of hydrogen-bond donors (Lipinski definition) is 0. The van der Waals surface area contributed by atoms with Crippen LogP contribution in [0.3, 0.4) is 0 Å². The number of fused-ring (bicyclic) bond motifs is 14. The monoisotopic (exact) mass is 564 g/mol. The Morgan fingerprint density at radius 3 is 1.27 bits per heavy atom. The van der Waals surface area contributed by atoms with Crippen molar-refractivity contribution in [3.8, 4) is 56.4 Å². The fraction of sp³-hybridized carbons (Fsp3) is 0.0250. The Balaban J connectivity index is 1.41. The molecule has 0 aliphatic carbocycles. The number of nitrogens with zero attached hydrogens (tertiary/aromatic N) is 4. The zero-order chi connectivity index (χ0) is 29.5. The van der Waals surface area contributed by atoms with E-state index < -0.39 is 0 Å². The minimum Gasteiger partial charge on any atom is -0.310 e. The molecule has 0 radical (unpaired) electrons. The van der Waals surface area contributed by atoms with Gasteiger partial charge in [0.15, 0.2) is 17.5 Å². The van der Waals surface area contributed by atoms with Gasteiger partial charge in [0.1, 0.15) is 0 Å². The molecule has 208 valence electrons. The van der Waals surface area contributed by atoms with Crippen LogP contribution in [-0.4, -0.2) is 15.0 Å². The lowest BCUT2D eigenvalue weighted by atomic mass is 9.99. The Hall–Kier alpha value is -5.87. The topological polar surface area (TPSA) is 41.9 Å². The summed E-state index contributed by atoms with van der Waals surface area (Å²) >= 11 is 0. The van der Waals surface area contributed by atoms with Crippen LogP contribution in [0.4, 0.5) is 17.1 Å². The van der Waals surface area contributed by atoms with Gasteiger partial charge in [-0.3, -0.25) is 0 Å². The van der Waals surface area contributed by atoms with Crippen molar-refractivity contribution >= 4 is 17.1 Å². The second-order valence-corrected chi connectivity index (χ2v) is 11.1. The summed E-state index contributed by atoms with van der Waals surface area (Å²) < 4.78 is 0. The van der Waals surface area contributed by atoms with Gasteiger partial charge in [0, 0.05) is 33.8 Å².